The van der Waals surface area contributed by atoms with Crippen molar-refractivity contribution in [1.29, 1.82) is 0 Å². The Morgan fingerprint density at radius 3 is 2.14 bits per heavy atom. The molecule has 0 spiro atoms. The Morgan fingerprint density at radius 2 is 1.45 bits per heavy atom. The van der Waals surface area contributed by atoms with E-state index in [0.717, 1.165) is 12.7 Å². The number of halogens is 2. The molecule has 0 amide bonds. The van der Waals surface area contributed by atoms with Gasteiger partial charge >= 0.3 is 12.8 Å². The lowest BCUT2D eigenvalue weighted by atomic mass is 10.1. The van der Waals surface area contributed by atoms with Crippen LogP contribution in [0.2, 0.25) is 0 Å². The summed E-state index contributed by atoms with van der Waals surface area (Å²) in [5, 5.41) is 0. The highest BCUT2D eigenvalue weighted by molar-refractivity contribution is 8.54. The molecule has 0 saturated carbocycles. The number of alkyl halides is 2. The van der Waals surface area contributed by atoms with Gasteiger partial charge < -0.3 is 39.5 Å². The molecule has 334 valence electrons. The molecule has 3 fully saturated rings. The Morgan fingerprint density at radius 1 is 0.828 bits per heavy atom. The second kappa shape index (κ2) is 18.1. The average Bonchev–Trinajstić information content (AvgIpc) is 4.06. The van der Waals surface area contributed by atoms with Gasteiger partial charge in [0.05, 0.1) is 43.7 Å². The van der Waals surface area contributed by atoms with Crippen LogP contribution in [0.15, 0.2) is 79.8 Å². The van der Waals surface area contributed by atoms with Gasteiger partial charge in [0.2, 0.25) is 7.57 Å². The van der Waals surface area contributed by atoms with Gasteiger partial charge in [-0.05, 0) is 65.8 Å². The topological polar surface area (TPSA) is 251 Å². The molecule has 9 rings (SSSR count). The van der Waals surface area contributed by atoms with E-state index in [1.807, 2.05) is 6.92 Å². The van der Waals surface area contributed by atoms with Crippen molar-refractivity contribution in [1.82, 2.24) is 34.1 Å². The third-order valence-corrected chi connectivity index (χ3v) is 15.1. The quantitative estimate of drug-likeness (QED) is 0.0686. The Balaban J connectivity index is 0.975. The van der Waals surface area contributed by atoms with Crippen LogP contribution in [-0.2, 0) is 42.5 Å². The van der Waals surface area contributed by atoms with Gasteiger partial charge in [0.15, 0.2) is 41.9 Å². The number of ether oxygens (including phenoxy) is 4. The number of imidazole rings is 2. The first kappa shape index (κ1) is 44.2. The molecule has 20 nitrogen and oxygen atoms in total. The molecule has 6 aromatic rings. The molecule has 26 heteroatoms. The van der Waals surface area contributed by atoms with Gasteiger partial charge in [-0.1, -0.05) is 19.1 Å². The summed E-state index contributed by atoms with van der Waals surface area (Å²) >= 11 is 0.683. The normalized spacial score (nSPS) is 29.7. The number of nitrogen functional groups attached to an aromatic ring is 2. The van der Waals surface area contributed by atoms with Crippen LogP contribution in [0.25, 0.3) is 22.3 Å². The van der Waals surface area contributed by atoms with E-state index in [4.69, 9.17) is 56.1 Å². The molecule has 3 aliphatic heterocycles. The van der Waals surface area contributed by atoms with Crippen LogP contribution in [0.3, 0.4) is 0 Å². The van der Waals surface area contributed by atoms with Crippen molar-refractivity contribution in [3.63, 3.8) is 0 Å². The first-order valence-electron chi connectivity index (χ1n) is 19.7. The van der Waals surface area contributed by atoms with Gasteiger partial charge in [-0.15, -0.1) is 0 Å². The van der Waals surface area contributed by atoms with Crippen LogP contribution in [0.4, 0.5) is 20.3 Å². The van der Waals surface area contributed by atoms with E-state index in [9.17, 15) is 13.9 Å². The van der Waals surface area contributed by atoms with Crippen molar-refractivity contribution in [2.45, 2.75) is 68.3 Å². The second-order valence-electron chi connectivity index (χ2n) is 14.7. The number of rotatable bonds is 10. The van der Waals surface area contributed by atoms with E-state index < -0.39 is 82.7 Å². The maximum absolute atomic E-state index is 16.8. The number of carbonyl (C=O) groups is 1. The monoisotopic (exact) mass is 939 g/mol. The van der Waals surface area contributed by atoms with Crippen LogP contribution in [0.1, 0.15) is 41.7 Å². The first-order valence-corrected chi connectivity index (χ1v) is 24.5. The molecule has 2 aromatic carbocycles. The van der Waals surface area contributed by atoms with Crippen molar-refractivity contribution in [3.05, 3.63) is 90.9 Å². The highest BCUT2D eigenvalue weighted by atomic mass is 32.7. The maximum Gasteiger partial charge on any atom is 0.389 e. The van der Waals surface area contributed by atoms with Crippen LogP contribution in [0, 0.1) is 0 Å². The predicted octanol–water partition coefficient (Wildman–Crippen LogP) is 6.05. The van der Waals surface area contributed by atoms with Gasteiger partial charge in [-0.2, -0.15) is 0 Å². The molecule has 7 heterocycles. The Kier molecular flexibility index (Phi) is 12.5. The van der Waals surface area contributed by atoms with Crippen molar-refractivity contribution in [3.8, 4) is 11.5 Å². The average molecular weight is 940 g/mol. The molecular formula is C38H38BF2N9O11P2S. The van der Waals surface area contributed by atoms with Gasteiger partial charge in [-0.3, -0.25) is 22.7 Å². The second-order valence-corrected chi connectivity index (χ2v) is 20.3. The standard InChI is InChI=1S/C38H38BF2N9O11P2S/c1-2-13-54-22-9-5-21(6-10-22)38(51)57-23-7-3-20(4-8-23)16-64-63(53)56-15-26-31(27(40)36(59-26)50-19-48-30-33(43)45-17-46-35(30)50)60-62(39,52)55-14-25-32(61-63)28(41)37(58-25)49-18-47-29-24(42)11-12-44-34(29)49/h3-12,17-19,25-28,31-32,36-37H,2,13-16H2,1H3,(H2,42,44)(H2,43,45,46)/t25-,26-,27-,28-,31-,32-,36-,37-,62-,63-/m1/s1. The summed E-state index contributed by atoms with van der Waals surface area (Å²) in [7, 11) is 1.33. The SMILES string of the molecule is [B][P@@]1(=O)OC[C@H]2O[C@@H](n3cnc4c(N)ccnc43)[C@H](F)[C@@H]2O[P@](=O)(SCc2ccc(OC(=O)c3ccc(OCCC)cc3)cc2)OC[C@H]2O[C@@H](n3cnc4c(N)ncnc43)[C@H](F)[C@@H]2O1. The number of carbonyl (C=O) groups excluding carboxylic acids is 1. The minimum atomic E-state index is -4.68. The lowest BCUT2D eigenvalue weighted by molar-refractivity contribution is -0.0546. The van der Waals surface area contributed by atoms with E-state index in [1.165, 1.54) is 34.1 Å². The molecule has 3 aliphatic rings. The molecule has 4 aromatic heterocycles. The van der Waals surface area contributed by atoms with Crippen LogP contribution >= 0.6 is 25.7 Å². The fourth-order valence-electron chi connectivity index (χ4n) is 7.22. The highest BCUT2D eigenvalue weighted by Gasteiger charge is 2.54. The minimum Gasteiger partial charge on any atom is -0.494 e. The number of hydrogen-bond donors (Lipinski definition) is 2. The number of anilines is 2. The summed E-state index contributed by atoms with van der Waals surface area (Å²) < 4.78 is 111. The lowest BCUT2D eigenvalue weighted by Gasteiger charge is -2.30. The zero-order valence-corrected chi connectivity index (χ0v) is 36.2. The van der Waals surface area contributed by atoms with E-state index in [0.29, 0.717) is 34.9 Å². The fourth-order valence-corrected chi connectivity index (χ4v) is 11.6. The number of benzene rings is 2. The highest BCUT2D eigenvalue weighted by Crippen LogP contribution is 2.65. The van der Waals surface area contributed by atoms with Crippen molar-refractivity contribution < 1.29 is 59.7 Å². The van der Waals surface area contributed by atoms with E-state index >= 15 is 8.78 Å². The molecule has 0 unspecified atom stereocenters. The number of aromatic nitrogens is 7. The molecule has 4 N–H and O–H groups in total. The van der Waals surface area contributed by atoms with Crippen molar-refractivity contribution in [2.75, 3.05) is 31.3 Å². The fraction of sp³-hybridized carbons (Fsp3) is 0.368. The van der Waals surface area contributed by atoms with Crippen LogP contribution in [0.5, 0.6) is 11.5 Å². The Labute approximate surface area is 367 Å². The van der Waals surface area contributed by atoms with E-state index in [1.54, 1.807) is 48.5 Å². The Hall–Kier alpha value is -5.03. The molecule has 10 atom stereocenters. The maximum atomic E-state index is 16.8. The van der Waals surface area contributed by atoms with Crippen LogP contribution < -0.4 is 20.9 Å². The summed E-state index contributed by atoms with van der Waals surface area (Å²) in [6, 6.07) is 14.4. The molecular weight excluding hydrogens is 901 g/mol. The zero-order chi connectivity index (χ0) is 44.8. The summed E-state index contributed by atoms with van der Waals surface area (Å²) in [5.41, 5.74) is 13.9. The zero-order valence-electron chi connectivity index (χ0n) is 33.6. The molecule has 2 radical (unpaired) electrons. The third-order valence-electron chi connectivity index (χ3n) is 10.4. The smallest absolute Gasteiger partial charge is 0.389 e. The van der Waals surface area contributed by atoms with Crippen molar-refractivity contribution in [2.24, 2.45) is 0 Å². The Bertz CT molecular complexity index is 2760. The summed E-state index contributed by atoms with van der Waals surface area (Å²) in [6.07, 6.45) is -7.70. The number of fused-ring (bicyclic) bond motifs is 4. The first-order chi connectivity index (χ1) is 30.8. The van der Waals surface area contributed by atoms with Gasteiger partial charge in [0.1, 0.15) is 53.3 Å². The van der Waals surface area contributed by atoms with E-state index in [-0.39, 0.29) is 45.3 Å². The summed E-state index contributed by atoms with van der Waals surface area (Å²) in [6.45, 7) is -3.45. The molecule has 64 heavy (non-hydrogen) atoms. The minimum absolute atomic E-state index is 0.0240. The van der Waals surface area contributed by atoms with Crippen LogP contribution in [-0.4, -0.2) is 104 Å². The molecule has 3 saturated heterocycles. The van der Waals surface area contributed by atoms with Crippen molar-refractivity contribution >= 4 is 73.0 Å². The number of esters is 1. The molecule has 0 aliphatic carbocycles. The summed E-state index contributed by atoms with van der Waals surface area (Å²) in [5.74, 6) is 0.236. The predicted molar refractivity (Wildman–Crippen MR) is 227 cm³/mol. The number of pyridine rings is 1. The van der Waals surface area contributed by atoms with Gasteiger partial charge in [0.25, 0.3) is 7.47 Å². The lowest BCUT2D eigenvalue weighted by Crippen LogP contribution is -2.37. The largest absolute Gasteiger partial charge is 0.494 e. The number of hydrogen-bond acceptors (Lipinski definition) is 19. The summed E-state index contributed by atoms with van der Waals surface area (Å²) in [4.78, 5) is 33.6. The third kappa shape index (κ3) is 8.98. The molecule has 0 bridgehead atoms. The number of nitrogens with zero attached hydrogens (tertiary/aromatic N) is 7. The number of nitrogens with two attached hydrogens (primary N) is 2. The van der Waals surface area contributed by atoms with Gasteiger partial charge in [0, 0.05) is 11.9 Å². The van der Waals surface area contributed by atoms with Gasteiger partial charge in [-0.25, -0.2) is 43.1 Å². The van der Waals surface area contributed by atoms with E-state index in [2.05, 4.69) is 24.9 Å².